The number of fused-ring (bicyclic) bond motifs is 3. The summed E-state index contributed by atoms with van der Waals surface area (Å²) in [7, 11) is 0. The number of benzene rings is 4. The number of allylic oxidation sites excluding steroid dienone is 1. The second-order valence-corrected chi connectivity index (χ2v) is 13.6. The number of amides is 1. The van der Waals surface area contributed by atoms with Gasteiger partial charge in [-0.1, -0.05) is 60.7 Å². The highest BCUT2D eigenvalue weighted by molar-refractivity contribution is 6.03. The minimum Gasteiger partial charge on any atom is -0.503 e. The smallest absolute Gasteiger partial charge is 0.339 e. The van der Waals surface area contributed by atoms with Gasteiger partial charge >= 0.3 is 11.9 Å². The van der Waals surface area contributed by atoms with Gasteiger partial charge in [-0.15, -0.1) is 0 Å². The van der Waals surface area contributed by atoms with Gasteiger partial charge in [-0.2, -0.15) is 0 Å². The summed E-state index contributed by atoms with van der Waals surface area (Å²) in [5, 5.41) is 23.1. The summed E-state index contributed by atoms with van der Waals surface area (Å²) in [5.74, 6) is -3.24. The largest absolute Gasteiger partial charge is 0.503 e. The lowest BCUT2D eigenvalue weighted by Crippen LogP contribution is -2.43. The van der Waals surface area contributed by atoms with E-state index in [2.05, 4.69) is 4.98 Å². The third-order valence-corrected chi connectivity index (χ3v) is 8.75. The van der Waals surface area contributed by atoms with E-state index in [-0.39, 0.29) is 13.3 Å². The summed E-state index contributed by atoms with van der Waals surface area (Å²) < 4.78 is 22.6. The van der Waals surface area contributed by atoms with Crippen molar-refractivity contribution in [3.63, 3.8) is 0 Å². The first-order valence-corrected chi connectivity index (χ1v) is 16.9. The number of esters is 1. The molecule has 0 fully saturated rings. The fourth-order valence-corrected chi connectivity index (χ4v) is 6.19. The molecule has 0 saturated heterocycles. The molecule has 0 saturated carbocycles. The number of carbonyl (C=O) groups excluding carboxylic acids is 2. The molecule has 6 rings (SSSR count). The lowest BCUT2D eigenvalue weighted by Gasteiger charge is -2.35. The number of aliphatic carboxylic acids is 1. The van der Waals surface area contributed by atoms with Crippen molar-refractivity contribution in [2.75, 3.05) is 6.79 Å². The Morgan fingerprint density at radius 3 is 2.40 bits per heavy atom. The SMILES string of the molecule is C[C@H]([C@H](C/C=C/c1nc2ccccc2o1)c1ccc2c(c1)OCO2)N(Cc1ccc2ccccc2c1)C(=O)/C(O)=C(/CC(=O)O)C(=O)OC(C)(C)C. The van der Waals surface area contributed by atoms with E-state index >= 15 is 0 Å². The monoisotopic (exact) mass is 704 g/mol. The molecule has 0 unspecified atom stereocenters. The lowest BCUT2D eigenvalue weighted by atomic mass is 9.87. The quantitative estimate of drug-likeness (QED) is 0.0745. The van der Waals surface area contributed by atoms with Crippen molar-refractivity contribution in [2.45, 2.75) is 64.6 Å². The number of aliphatic hydroxyl groups excluding tert-OH is 1. The minimum atomic E-state index is -1.41. The Bertz CT molecular complexity index is 2160. The molecule has 0 aliphatic carbocycles. The topological polar surface area (TPSA) is 149 Å². The van der Waals surface area contributed by atoms with Crippen LogP contribution in [0.15, 0.2) is 107 Å². The average Bonchev–Trinajstić information content (AvgIpc) is 3.76. The van der Waals surface area contributed by atoms with Gasteiger partial charge in [0, 0.05) is 18.5 Å². The molecule has 0 spiro atoms. The summed E-state index contributed by atoms with van der Waals surface area (Å²) in [4.78, 5) is 45.6. The maximum absolute atomic E-state index is 14.5. The summed E-state index contributed by atoms with van der Waals surface area (Å²) >= 11 is 0. The number of carbonyl (C=O) groups is 3. The Hall–Kier alpha value is -6.10. The van der Waals surface area contributed by atoms with E-state index in [0.29, 0.717) is 29.4 Å². The molecule has 2 atom stereocenters. The van der Waals surface area contributed by atoms with Gasteiger partial charge in [0.2, 0.25) is 12.7 Å². The molecule has 2 heterocycles. The highest BCUT2D eigenvalue weighted by atomic mass is 16.7. The van der Waals surface area contributed by atoms with Gasteiger partial charge < -0.3 is 33.7 Å². The first kappa shape index (κ1) is 35.7. The van der Waals surface area contributed by atoms with Crippen LogP contribution in [0.3, 0.4) is 0 Å². The van der Waals surface area contributed by atoms with Gasteiger partial charge in [0.05, 0.1) is 12.0 Å². The molecule has 0 radical (unpaired) electrons. The number of carboxylic acids is 1. The number of oxazole rings is 1. The zero-order chi connectivity index (χ0) is 37.0. The number of rotatable bonds is 12. The molecule has 52 heavy (non-hydrogen) atoms. The molecule has 268 valence electrons. The van der Waals surface area contributed by atoms with Crippen molar-refractivity contribution in [1.82, 2.24) is 9.88 Å². The van der Waals surface area contributed by atoms with Gasteiger partial charge in [-0.25, -0.2) is 9.78 Å². The number of nitrogens with zero attached hydrogens (tertiary/aromatic N) is 2. The van der Waals surface area contributed by atoms with E-state index in [1.165, 1.54) is 4.90 Å². The predicted molar refractivity (Wildman–Crippen MR) is 195 cm³/mol. The molecular formula is C41H40N2O9. The van der Waals surface area contributed by atoms with E-state index in [1.807, 2.05) is 97.9 Å². The Morgan fingerprint density at radius 2 is 1.65 bits per heavy atom. The fraction of sp³-hybridized carbons (Fsp3) is 0.268. The first-order chi connectivity index (χ1) is 24.9. The molecule has 2 N–H and O–H groups in total. The predicted octanol–water partition coefficient (Wildman–Crippen LogP) is 7.94. The van der Waals surface area contributed by atoms with E-state index in [1.54, 1.807) is 26.8 Å². The third-order valence-electron chi connectivity index (χ3n) is 8.75. The van der Waals surface area contributed by atoms with Gasteiger partial charge in [-0.05, 0) is 92.4 Å². The van der Waals surface area contributed by atoms with Crippen LogP contribution in [0.4, 0.5) is 0 Å². The van der Waals surface area contributed by atoms with E-state index in [4.69, 9.17) is 18.6 Å². The lowest BCUT2D eigenvalue weighted by molar-refractivity contribution is -0.152. The number of carboxylic acid groups (broad SMARTS) is 1. The first-order valence-electron chi connectivity index (χ1n) is 16.9. The van der Waals surface area contributed by atoms with Crippen LogP contribution in [0.2, 0.25) is 0 Å². The molecule has 1 aliphatic heterocycles. The second-order valence-electron chi connectivity index (χ2n) is 13.6. The van der Waals surface area contributed by atoms with Crippen molar-refractivity contribution in [3.8, 4) is 11.5 Å². The molecule has 5 aromatic rings. The van der Waals surface area contributed by atoms with Gasteiger partial charge in [0.15, 0.2) is 22.8 Å². The van der Waals surface area contributed by atoms with Crippen LogP contribution in [0.5, 0.6) is 11.5 Å². The van der Waals surface area contributed by atoms with Crippen molar-refractivity contribution < 1.29 is 43.2 Å². The molecular weight excluding hydrogens is 664 g/mol. The van der Waals surface area contributed by atoms with Crippen LogP contribution < -0.4 is 9.47 Å². The van der Waals surface area contributed by atoms with Gasteiger partial charge in [0.1, 0.15) is 11.1 Å². The summed E-state index contributed by atoms with van der Waals surface area (Å²) in [5.41, 5.74) is 1.30. The molecule has 4 aromatic carbocycles. The average molecular weight is 705 g/mol. The molecule has 0 bridgehead atoms. The van der Waals surface area contributed by atoms with Crippen LogP contribution in [-0.4, -0.2) is 56.4 Å². The maximum atomic E-state index is 14.5. The van der Waals surface area contributed by atoms with Crippen LogP contribution >= 0.6 is 0 Å². The van der Waals surface area contributed by atoms with E-state index in [0.717, 1.165) is 27.4 Å². The van der Waals surface area contributed by atoms with Crippen LogP contribution in [-0.2, 0) is 25.7 Å². The van der Waals surface area contributed by atoms with Crippen molar-refractivity contribution in [2.24, 2.45) is 0 Å². The minimum absolute atomic E-state index is 0.0272. The van der Waals surface area contributed by atoms with Crippen LogP contribution in [0.1, 0.15) is 63.5 Å². The van der Waals surface area contributed by atoms with Crippen LogP contribution in [0, 0.1) is 0 Å². The highest BCUT2D eigenvalue weighted by Gasteiger charge is 2.35. The zero-order valence-electron chi connectivity index (χ0n) is 29.4. The van der Waals surface area contributed by atoms with Crippen molar-refractivity contribution in [3.05, 3.63) is 119 Å². The summed E-state index contributed by atoms with van der Waals surface area (Å²) in [6.45, 7) is 6.79. The number of aliphatic hydroxyl groups is 1. The third kappa shape index (κ3) is 8.26. The normalized spacial score (nSPS) is 14.3. The summed E-state index contributed by atoms with van der Waals surface area (Å²) in [6.07, 6.45) is 3.15. The standard InChI is InChI=1S/C41H40N2O9/c1-25(30(29-18-19-34-35(21-29)50-24-49-34)12-9-15-36-42-32-13-7-8-14-33(32)51-36)43(23-26-16-17-27-10-5-6-11-28(27)20-26)39(47)38(46)31(22-37(44)45)40(48)52-41(2,3)4/h5-11,13-21,25,30,46H,12,22-24H2,1-4H3,(H,44,45)/b15-9+,38-31+/t25-,30+/m1/s1. The van der Waals surface area contributed by atoms with Gasteiger partial charge in [0.25, 0.3) is 5.91 Å². The molecule has 1 amide bonds. The molecule has 11 nitrogen and oxygen atoms in total. The molecule has 11 heteroatoms. The Kier molecular flexibility index (Phi) is 10.3. The Labute approximate surface area is 300 Å². The Morgan fingerprint density at radius 1 is 0.923 bits per heavy atom. The molecule has 1 aromatic heterocycles. The number of para-hydroxylation sites is 2. The van der Waals surface area contributed by atoms with Crippen molar-refractivity contribution in [1.29, 1.82) is 0 Å². The maximum Gasteiger partial charge on any atom is 0.339 e. The second kappa shape index (κ2) is 15.0. The highest BCUT2D eigenvalue weighted by Crippen LogP contribution is 2.38. The van der Waals surface area contributed by atoms with Crippen molar-refractivity contribution >= 4 is 45.8 Å². The van der Waals surface area contributed by atoms with E-state index < -0.39 is 53.2 Å². The number of hydrogen-bond acceptors (Lipinski definition) is 9. The molecule has 1 aliphatic rings. The number of ether oxygens (including phenoxy) is 3. The van der Waals surface area contributed by atoms with Gasteiger partial charge in [-0.3, -0.25) is 9.59 Å². The van der Waals surface area contributed by atoms with Crippen LogP contribution in [0.25, 0.3) is 27.9 Å². The zero-order valence-corrected chi connectivity index (χ0v) is 29.4. The fourth-order valence-electron chi connectivity index (χ4n) is 6.19. The Balaban J connectivity index is 1.42. The number of aromatic nitrogens is 1. The summed E-state index contributed by atoms with van der Waals surface area (Å²) in [6, 6.07) is 26.0. The number of hydrogen-bond donors (Lipinski definition) is 2. The van der Waals surface area contributed by atoms with E-state index in [9.17, 15) is 24.6 Å².